The van der Waals surface area contributed by atoms with Crippen molar-refractivity contribution in [3.05, 3.63) is 59.7 Å². The second kappa shape index (κ2) is 5.73. The number of carbonyl (C=O) groups is 1. The van der Waals surface area contributed by atoms with Crippen LogP contribution in [0.4, 0.5) is 4.39 Å². The van der Waals surface area contributed by atoms with Gasteiger partial charge in [-0.05, 0) is 30.2 Å². The van der Waals surface area contributed by atoms with Crippen LogP contribution in [0, 0.1) is 5.82 Å². The Morgan fingerprint density at radius 1 is 1.32 bits per heavy atom. The molecule has 1 fully saturated rings. The number of halogens is 1. The Bertz CT molecular complexity index is 707. The van der Waals surface area contributed by atoms with Gasteiger partial charge >= 0.3 is 0 Å². The zero-order chi connectivity index (χ0) is 15.7. The average molecular weight is 302 g/mol. The largest absolute Gasteiger partial charge is 0.506 e. The van der Waals surface area contributed by atoms with E-state index in [1.54, 1.807) is 12.1 Å². The Balaban J connectivity index is 1.92. The molecular weight excluding hydrogens is 287 g/mol. The molecule has 114 valence electrons. The van der Waals surface area contributed by atoms with Gasteiger partial charge < -0.3 is 15.1 Å². The van der Waals surface area contributed by atoms with Crippen LogP contribution in [0.5, 0.6) is 5.75 Å². The molecule has 2 aromatic rings. The molecule has 1 amide bonds. The van der Waals surface area contributed by atoms with Crippen molar-refractivity contribution in [1.29, 1.82) is 0 Å². The SMILES string of the molecule is O=C(c1cncc(O)c1)N1CC(O)CC1c1cccc(F)c1. The number of hydrogen-bond acceptors (Lipinski definition) is 4. The number of aromatic hydroxyl groups is 1. The van der Waals surface area contributed by atoms with Crippen molar-refractivity contribution in [3.8, 4) is 5.75 Å². The molecule has 1 saturated heterocycles. The summed E-state index contributed by atoms with van der Waals surface area (Å²) in [7, 11) is 0. The lowest BCUT2D eigenvalue weighted by atomic mass is 10.0. The molecule has 1 aromatic heterocycles. The molecule has 2 heterocycles. The maximum absolute atomic E-state index is 13.4. The molecule has 6 heteroatoms. The van der Waals surface area contributed by atoms with Crippen molar-refractivity contribution in [2.24, 2.45) is 0 Å². The van der Waals surface area contributed by atoms with Crippen LogP contribution in [0.3, 0.4) is 0 Å². The molecular formula is C16H15FN2O3. The molecule has 1 aromatic carbocycles. The fourth-order valence-electron chi connectivity index (χ4n) is 2.78. The minimum atomic E-state index is -0.664. The number of rotatable bonds is 2. The first-order valence-corrected chi connectivity index (χ1v) is 6.93. The molecule has 0 bridgehead atoms. The minimum Gasteiger partial charge on any atom is -0.506 e. The Morgan fingerprint density at radius 3 is 2.86 bits per heavy atom. The van der Waals surface area contributed by atoms with Gasteiger partial charge in [-0.15, -0.1) is 0 Å². The third-order valence-electron chi connectivity index (χ3n) is 3.74. The molecule has 2 N–H and O–H groups in total. The Kier molecular flexibility index (Phi) is 3.77. The first-order valence-electron chi connectivity index (χ1n) is 6.93. The van der Waals surface area contributed by atoms with Gasteiger partial charge in [-0.2, -0.15) is 0 Å². The number of pyridine rings is 1. The van der Waals surface area contributed by atoms with Crippen LogP contribution in [0.2, 0.25) is 0 Å². The summed E-state index contributed by atoms with van der Waals surface area (Å²) in [5, 5.41) is 19.3. The highest BCUT2D eigenvalue weighted by Gasteiger charge is 2.36. The number of hydrogen-bond donors (Lipinski definition) is 2. The lowest BCUT2D eigenvalue weighted by Gasteiger charge is -2.24. The summed E-state index contributed by atoms with van der Waals surface area (Å²) in [6.45, 7) is 0.162. The monoisotopic (exact) mass is 302 g/mol. The summed E-state index contributed by atoms with van der Waals surface area (Å²) in [5.41, 5.74) is 0.869. The fourth-order valence-corrected chi connectivity index (χ4v) is 2.78. The molecule has 0 saturated carbocycles. The van der Waals surface area contributed by atoms with E-state index in [1.165, 1.54) is 35.5 Å². The fraction of sp³-hybridized carbons (Fsp3) is 0.250. The van der Waals surface area contributed by atoms with Crippen LogP contribution >= 0.6 is 0 Å². The molecule has 1 aliphatic rings. The van der Waals surface area contributed by atoms with Gasteiger partial charge in [-0.1, -0.05) is 12.1 Å². The third kappa shape index (κ3) is 2.78. The van der Waals surface area contributed by atoms with Gasteiger partial charge in [0.05, 0.1) is 23.9 Å². The van der Waals surface area contributed by atoms with Crippen LogP contribution in [-0.2, 0) is 0 Å². The van der Waals surface area contributed by atoms with Gasteiger partial charge in [-0.25, -0.2) is 4.39 Å². The number of aliphatic hydroxyl groups is 1. The van der Waals surface area contributed by atoms with Crippen molar-refractivity contribution >= 4 is 5.91 Å². The second-order valence-electron chi connectivity index (χ2n) is 5.35. The number of likely N-dealkylation sites (tertiary alicyclic amines) is 1. The molecule has 1 aliphatic heterocycles. The second-order valence-corrected chi connectivity index (χ2v) is 5.35. The summed E-state index contributed by atoms with van der Waals surface area (Å²) in [4.78, 5) is 17.9. The summed E-state index contributed by atoms with van der Waals surface area (Å²) < 4.78 is 13.4. The highest BCUT2D eigenvalue weighted by atomic mass is 19.1. The lowest BCUT2D eigenvalue weighted by molar-refractivity contribution is 0.0714. The first-order chi connectivity index (χ1) is 10.5. The number of benzene rings is 1. The van der Waals surface area contributed by atoms with Crippen LogP contribution in [0.15, 0.2) is 42.7 Å². The van der Waals surface area contributed by atoms with E-state index < -0.39 is 12.1 Å². The lowest BCUT2D eigenvalue weighted by Crippen LogP contribution is -2.31. The number of aromatic nitrogens is 1. The average Bonchev–Trinajstić information content (AvgIpc) is 2.88. The normalized spacial score (nSPS) is 21.1. The van der Waals surface area contributed by atoms with E-state index >= 15 is 0 Å². The zero-order valence-corrected chi connectivity index (χ0v) is 11.7. The van der Waals surface area contributed by atoms with E-state index in [2.05, 4.69) is 4.98 Å². The van der Waals surface area contributed by atoms with Gasteiger partial charge in [-0.3, -0.25) is 9.78 Å². The standard InChI is InChI=1S/C16H15FN2O3/c17-12-3-1-2-10(4-12)15-6-14(21)9-19(15)16(22)11-5-13(20)8-18-7-11/h1-5,7-8,14-15,20-21H,6,9H2. The summed E-state index contributed by atoms with van der Waals surface area (Å²) in [6.07, 6.45) is 2.28. The molecule has 0 spiro atoms. The van der Waals surface area contributed by atoms with Gasteiger partial charge in [0.25, 0.3) is 5.91 Å². The number of aliphatic hydroxyl groups excluding tert-OH is 1. The van der Waals surface area contributed by atoms with Crippen molar-refractivity contribution in [3.63, 3.8) is 0 Å². The predicted molar refractivity (Wildman–Crippen MR) is 76.7 cm³/mol. The Morgan fingerprint density at radius 2 is 2.14 bits per heavy atom. The number of nitrogens with zero attached hydrogens (tertiary/aromatic N) is 2. The zero-order valence-electron chi connectivity index (χ0n) is 11.7. The highest BCUT2D eigenvalue weighted by molar-refractivity contribution is 5.94. The summed E-state index contributed by atoms with van der Waals surface area (Å²) in [6, 6.07) is 6.92. The molecule has 3 rings (SSSR count). The van der Waals surface area contributed by atoms with E-state index in [0.717, 1.165) is 0 Å². The van der Waals surface area contributed by atoms with Gasteiger partial charge in [0.2, 0.25) is 0 Å². The van der Waals surface area contributed by atoms with Crippen LogP contribution < -0.4 is 0 Å². The topological polar surface area (TPSA) is 73.7 Å². The molecule has 5 nitrogen and oxygen atoms in total. The minimum absolute atomic E-state index is 0.104. The van der Waals surface area contributed by atoms with Crippen LogP contribution in [0.1, 0.15) is 28.4 Å². The van der Waals surface area contributed by atoms with Gasteiger partial charge in [0.1, 0.15) is 11.6 Å². The molecule has 22 heavy (non-hydrogen) atoms. The summed E-state index contributed by atoms with van der Waals surface area (Å²) >= 11 is 0. The Labute approximate surface area is 126 Å². The van der Waals surface area contributed by atoms with Crippen molar-refractivity contribution in [2.75, 3.05) is 6.54 Å². The van der Waals surface area contributed by atoms with Crippen molar-refractivity contribution in [1.82, 2.24) is 9.88 Å². The van der Waals surface area contributed by atoms with E-state index in [1.807, 2.05) is 0 Å². The molecule has 2 atom stereocenters. The van der Waals surface area contributed by atoms with Gasteiger partial charge in [0.15, 0.2) is 0 Å². The maximum Gasteiger partial charge on any atom is 0.256 e. The number of carbonyl (C=O) groups excluding carboxylic acids is 1. The summed E-state index contributed by atoms with van der Waals surface area (Å²) in [5.74, 6) is -0.840. The Hall–Kier alpha value is -2.47. The van der Waals surface area contributed by atoms with E-state index in [0.29, 0.717) is 12.0 Å². The molecule has 2 unspecified atom stereocenters. The maximum atomic E-state index is 13.4. The smallest absolute Gasteiger partial charge is 0.256 e. The van der Waals surface area contributed by atoms with Crippen LogP contribution in [0.25, 0.3) is 0 Å². The van der Waals surface area contributed by atoms with Gasteiger partial charge in [0, 0.05) is 12.7 Å². The highest BCUT2D eigenvalue weighted by Crippen LogP contribution is 2.33. The predicted octanol–water partition coefficient (Wildman–Crippen LogP) is 1.87. The van der Waals surface area contributed by atoms with E-state index in [9.17, 15) is 19.4 Å². The quantitative estimate of drug-likeness (QED) is 0.888. The van der Waals surface area contributed by atoms with Crippen molar-refractivity contribution < 1.29 is 19.4 Å². The number of amides is 1. The first kappa shape index (κ1) is 14.5. The third-order valence-corrected chi connectivity index (χ3v) is 3.74. The van der Waals surface area contributed by atoms with Crippen molar-refractivity contribution in [2.45, 2.75) is 18.6 Å². The molecule has 0 radical (unpaired) electrons. The molecule has 0 aliphatic carbocycles. The van der Waals surface area contributed by atoms with Crippen LogP contribution in [-0.4, -0.2) is 38.7 Å². The van der Waals surface area contributed by atoms with E-state index in [-0.39, 0.29) is 29.6 Å². The van der Waals surface area contributed by atoms with E-state index in [4.69, 9.17) is 0 Å². The number of β-amino-alcohol motifs (C(OH)–C–C–N with tert-alkyl or cyclic N) is 1.